The maximum absolute atomic E-state index is 12.1. The highest BCUT2D eigenvalue weighted by Gasteiger charge is 2.17. The molecule has 0 aliphatic carbocycles. The van der Waals surface area contributed by atoms with Crippen molar-refractivity contribution in [2.75, 3.05) is 0 Å². The van der Waals surface area contributed by atoms with Crippen molar-refractivity contribution >= 4 is 5.71 Å². The molecule has 2 heterocycles. The molecule has 128 valence electrons. The largest absolute Gasteiger partial charge is 0.494 e. The van der Waals surface area contributed by atoms with E-state index >= 15 is 0 Å². The number of aromatic nitrogens is 2. The number of furan rings is 1. The lowest BCUT2D eigenvalue weighted by atomic mass is 10.2. The van der Waals surface area contributed by atoms with Crippen LogP contribution in [0.3, 0.4) is 0 Å². The van der Waals surface area contributed by atoms with Gasteiger partial charge in [-0.25, -0.2) is 4.79 Å². The highest BCUT2D eigenvalue weighted by molar-refractivity contribution is 6.00. The van der Waals surface area contributed by atoms with Crippen molar-refractivity contribution < 1.29 is 9.52 Å². The normalized spacial score (nSPS) is 11.6. The quantitative estimate of drug-likeness (QED) is 0.693. The SMILES string of the molecule is CC(=NCc1ccco1)c1c(O)n(Cc2ccccc2)c(=O)[nH]c1=O. The van der Waals surface area contributed by atoms with E-state index in [0.29, 0.717) is 11.5 Å². The predicted octanol–water partition coefficient (Wildman–Crippen LogP) is 1.89. The minimum absolute atomic E-state index is 0.0258. The van der Waals surface area contributed by atoms with Gasteiger partial charge in [0.2, 0.25) is 5.88 Å². The molecule has 3 rings (SSSR count). The zero-order valence-corrected chi connectivity index (χ0v) is 13.6. The van der Waals surface area contributed by atoms with Crippen LogP contribution in [-0.4, -0.2) is 20.4 Å². The summed E-state index contributed by atoms with van der Waals surface area (Å²) in [7, 11) is 0. The number of rotatable bonds is 5. The maximum Gasteiger partial charge on any atom is 0.331 e. The molecule has 0 radical (unpaired) electrons. The summed E-state index contributed by atoms with van der Waals surface area (Å²) in [6, 6.07) is 12.7. The lowest BCUT2D eigenvalue weighted by Gasteiger charge is -2.11. The molecule has 0 bridgehead atoms. The second kappa shape index (κ2) is 7.04. The summed E-state index contributed by atoms with van der Waals surface area (Å²) in [5, 5.41) is 10.5. The van der Waals surface area contributed by atoms with E-state index in [-0.39, 0.29) is 18.7 Å². The number of nitrogens with zero attached hydrogens (tertiary/aromatic N) is 2. The second-order valence-corrected chi connectivity index (χ2v) is 5.51. The first-order valence-electron chi connectivity index (χ1n) is 7.70. The van der Waals surface area contributed by atoms with Crippen LogP contribution in [0, 0.1) is 0 Å². The van der Waals surface area contributed by atoms with Crippen LogP contribution < -0.4 is 11.2 Å². The Bertz CT molecular complexity index is 999. The van der Waals surface area contributed by atoms with Gasteiger partial charge in [0.15, 0.2) is 0 Å². The highest BCUT2D eigenvalue weighted by Crippen LogP contribution is 2.14. The van der Waals surface area contributed by atoms with Crippen molar-refractivity contribution in [2.45, 2.75) is 20.0 Å². The number of nitrogens with one attached hydrogen (secondary N) is 1. The molecule has 0 amide bonds. The molecule has 0 atom stereocenters. The molecular formula is C18H17N3O4. The molecule has 0 unspecified atom stereocenters. The van der Waals surface area contributed by atoms with Crippen LogP contribution in [0.2, 0.25) is 0 Å². The van der Waals surface area contributed by atoms with Crippen LogP contribution >= 0.6 is 0 Å². The predicted molar refractivity (Wildman–Crippen MR) is 93.2 cm³/mol. The van der Waals surface area contributed by atoms with Crippen molar-refractivity contribution in [1.82, 2.24) is 9.55 Å². The van der Waals surface area contributed by atoms with Gasteiger partial charge in [-0.1, -0.05) is 30.3 Å². The molecule has 0 aliphatic heterocycles. The molecule has 0 saturated carbocycles. The third kappa shape index (κ3) is 3.60. The first-order chi connectivity index (χ1) is 12.1. The smallest absolute Gasteiger partial charge is 0.331 e. The fraction of sp³-hybridized carbons (Fsp3) is 0.167. The van der Waals surface area contributed by atoms with Crippen LogP contribution in [-0.2, 0) is 13.1 Å². The van der Waals surface area contributed by atoms with Gasteiger partial charge in [-0.3, -0.25) is 19.3 Å². The van der Waals surface area contributed by atoms with Crippen molar-refractivity contribution in [3.63, 3.8) is 0 Å². The van der Waals surface area contributed by atoms with Crippen molar-refractivity contribution in [3.05, 3.63) is 86.5 Å². The summed E-state index contributed by atoms with van der Waals surface area (Å²) >= 11 is 0. The minimum Gasteiger partial charge on any atom is -0.494 e. The van der Waals surface area contributed by atoms with Crippen LogP contribution in [0.15, 0.2) is 67.7 Å². The second-order valence-electron chi connectivity index (χ2n) is 5.51. The fourth-order valence-corrected chi connectivity index (χ4v) is 2.48. The fourth-order valence-electron chi connectivity index (χ4n) is 2.48. The van der Waals surface area contributed by atoms with Crippen LogP contribution in [0.4, 0.5) is 0 Å². The number of aromatic hydroxyl groups is 1. The Morgan fingerprint density at radius 2 is 1.96 bits per heavy atom. The van der Waals surface area contributed by atoms with Crippen molar-refractivity contribution in [3.8, 4) is 5.88 Å². The van der Waals surface area contributed by atoms with Gasteiger partial charge in [0.1, 0.15) is 11.3 Å². The molecule has 7 heteroatoms. The van der Waals surface area contributed by atoms with Gasteiger partial charge in [0.25, 0.3) is 5.56 Å². The highest BCUT2D eigenvalue weighted by atomic mass is 16.3. The molecule has 1 aromatic carbocycles. The van der Waals surface area contributed by atoms with Gasteiger partial charge >= 0.3 is 5.69 Å². The van der Waals surface area contributed by atoms with E-state index in [1.54, 1.807) is 19.1 Å². The van der Waals surface area contributed by atoms with E-state index in [9.17, 15) is 14.7 Å². The summed E-state index contributed by atoms with van der Waals surface area (Å²) in [6.45, 7) is 1.97. The molecular weight excluding hydrogens is 322 g/mol. The first-order valence-corrected chi connectivity index (χ1v) is 7.70. The Morgan fingerprint density at radius 1 is 1.20 bits per heavy atom. The lowest BCUT2D eigenvalue weighted by molar-refractivity contribution is 0.408. The average Bonchev–Trinajstić information content (AvgIpc) is 3.11. The van der Waals surface area contributed by atoms with Gasteiger partial charge in [-0.05, 0) is 24.6 Å². The number of aromatic amines is 1. The maximum atomic E-state index is 12.1. The number of hydrogen-bond donors (Lipinski definition) is 2. The molecule has 7 nitrogen and oxygen atoms in total. The van der Waals surface area contributed by atoms with Crippen molar-refractivity contribution in [1.29, 1.82) is 0 Å². The molecule has 0 saturated heterocycles. The summed E-state index contributed by atoms with van der Waals surface area (Å²) in [5.41, 5.74) is -0.233. The van der Waals surface area contributed by atoms with E-state index in [0.717, 1.165) is 10.1 Å². The molecule has 0 aliphatic rings. The molecule has 2 aromatic heterocycles. The Morgan fingerprint density at radius 3 is 2.64 bits per heavy atom. The van der Waals surface area contributed by atoms with E-state index in [1.807, 2.05) is 30.3 Å². The third-order valence-corrected chi connectivity index (χ3v) is 3.77. The lowest BCUT2D eigenvalue weighted by Crippen LogP contribution is -2.33. The van der Waals surface area contributed by atoms with E-state index < -0.39 is 17.1 Å². The summed E-state index contributed by atoms with van der Waals surface area (Å²) in [4.78, 5) is 30.7. The van der Waals surface area contributed by atoms with Crippen LogP contribution in [0.5, 0.6) is 5.88 Å². The molecule has 2 N–H and O–H groups in total. The van der Waals surface area contributed by atoms with Crippen molar-refractivity contribution in [2.24, 2.45) is 4.99 Å². The van der Waals surface area contributed by atoms with Gasteiger partial charge in [0.05, 0.1) is 25.1 Å². The Balaban J connectivity index is 1.99. The van der Waals surface area contributed by atoms with E-state index in [2.05, 4.69) is 9.98 Å². The number of benzene rings is 1. The third-order valence-electron chi connectivity index (χ3n) is 3.77. The minimum atomic E-state index is -0.674. The molecule has 0 fully saturated rings. The first kappa shape index (κ1) is 16.5. The topological polar surface area (TPSA) is 101 Å². The van der Waals surface area contributed by atoms with Crippen LogP contribution in [0.25, 0.3) is 0 Å². The number of hydrogen-bond acceptors (Lipinski definition) is 5. The standard InChI is InChI=1S/C18H17N3O4/c1-12(19-10-14-8-5-9-25-14)15-16(22)20-18(24)21(17(15)23)11-13-6-3-2-4-7-13/h2-9,23H,10-11H2,1H3,(H,20,22,24). The van der Waals surface area contributed by atoms with Crippen LogP contribution in [0.1, 0.15) is 23.8 Å². The molecule has 0 spiro atoms. The van der Waals surface area contributed by atoms with Gasteiger partial charge < -0.3 is 9.52 Å². The zero-order valence-electron chi connectivity index (χ0n) is 13.6. The molecule has 25 heavy (non-hydrogen) atoms. The zero-order chi connectivity index (χ0) is 17.8. The Hall–Kier alpha value is -3.35. The van der Waals surface area contributed by atoms with Gasteiger partial charge in [-0.15, -0.1) is 0 Å². The average molecular weight is 339 g/mol. The van der Waals surface area contributed by atoms with Gasteiger partial charge in [-0.2, -0.15) is 0 Å². The Kier molecular flexibility index (Phi) is 4.65. The summed E-state index contributed by atoms with van der Waals surface area (Å²) in [6.07, 6.45) is 1.53. The summed E-state index contributed by atoms with van der Waals surface area (Å²) in [5.74, 6) is 0.228. The van der Waals surface area contributed by atoms with E-state index in [4.69, 9.17) is 4.42 Å². The van der Waals surface area contributed by atoms with Gasteiger partial charge in [0, 0.05) is 0 Å². The molecule has 3 aromatic rings. The summed E-state index contributed by atoms with van der Waals surface area (Å²) < 4.78 is 6.30. The van der Waals surface area contributed by atoms with E-state index in [1.165, 1.54) is 6.26 Å². The monoisotopic (exact) mass is 339 g/mol. The Labute approximate surface area is 142 Å². The number of aliphatic imine (C=N–C) groups is 1. The number of H-pyrrole nitrogens is 1.